The van der Waals surface area contributed by atoms with Gasteiger partial charge in [-0.05, 0) is 29.5 Å². The number of aliphatic hydroxyl groups excluding tert-OH is 1. The van der Waals surface area contributed by atoms with E-state index in [-0.39, 0.29) is 6.61 Å². The van der Waals surface area contributed by atoms with Crippen molar-refractivity contribution in [1.29, 1.82) is 0 Å². The highest BCUT2D eigenvalue weighted by Gasteiger charge is 2.06. The van der Waals surface area contributed by atoms with E-state index in [1.807, 2.05) is 24.3 Å². The van der Waals surface area contributed by atoms with Crippen molar-refractivity contribution < 1.29 is 5.11 Å². The van der Waals surface area contributed by atoms with Gasteiger partial charge in [-0.15, -0.1) is 0 Å². The first-order valence-corrected chi connectivity index (χ1v) is 6.56. The Hall–Kier alpha value is -1.31. The fourth-order valence-corrected chi connectivity index (χ4v) is 2.29. The molecule has 0 radical (unpaired) electrons. The number of benzene rings is 2. The van der Waals surface area contributed by atoms with E-state index in [2.05, 4.69) is 31.2 Å². The molecular weight excluding hydrogens is 244 g/mol. The normalized spacial score (nSPS) is 12.4. The Balaban J connectivity index is 2.25. The second kappa shape index (κ2) is 6.03. The van der Waals surface area contributed by atoms with E-state index in [0.29, 0.717) is 5.92 Å². The standard InChI is InChI=1S/C16H17ClO/c1-12(10-11-18)13-6-8-14(9-7-13)15-4-2-3-5-16(15)17/h2-9,12,18H,10-11H2,1H3. The van der Waals surface area contributed by atoms with Crippen LogP contribution in [0.25, 0.3) is 11.1 Å². The lowest BCUT2D eigenvalue weighted by atomic mass is 9.95. The van der Waals surface area contributed by atoms with Gasteiger partial charge in [0.1, 0.15) is 0 Å². The predicted molar refractivity (Wildman–Crippen MR) is 77.0 cm³/mol. The van der Waals surface area contributed by atoms with Gasteiger partial charge in [0, 0.05) is 17.2 Å². The van der Waals surface area contributed by atoms with Crippen molar-refractivity contribution in [3.8, 4) is 11.1 Å². The molecule has 2 aromatic rings. The molecule has 0 aliphatic heterocycles. The highest BCUT2D eigenvalue weighted by Crippen LogP contribution is 2.29. The highest BCUT2D eigenvalue weighted by molar-refractivity contribution is 6.33. The summed E-state index contributed by atoms with van der Waals surface area (Å²) in [5.74, 6) is 0.385. The highest BCUT2D eigenvalue weighted by atomic mass is 35.5. The predicted octanol–water partition coefficient (Wildman–Crippen LogP) is 4.49. The van der Waals surface area contributed by atoms with Crippen LogP contribution in [-0.2, 0) is 0 Å². The molecule has 0 heterocycles. The van der Waals surface area contributed by atoms with E-state index in [9.17, 15) is 0 Å². The van der Waals surface area contributed by atoms with Crippen molar-refractivity contribution in [2.75, 3.05) is 6.61 Å². The SMILES string of the molecule is CC(CCO)c1ccc(-c2ccccc2Cl)cc1. The molecule has 0 amide bonds. The maximum atomic E-state index is 8.95. The van der Waals surface area contributed by atoms with E-state index < -0.39 is 0 Å². The summed E-state index contributed by atoms with van der Waals surface area (Å²) in [5.41, 5.74) is 3.43. The van der Waals surface area contributed by atoms with Gasteiger partial charge in [-0.3, -0.25) is 0 Å². The summed E-state index contributed by atoms with van der Waals surface area (Å²) < 4.78 is 0. The van der Waals surface area contributed by atoms with E-state index in [4.69, 9.17) is 16.7 Å². The van der Waals surface area contributed by atoms with Gasteiger partial charge in [0.05, 0.1) is 0 Å². The number of hydrogen-bond acceptors (Lipinski definition) is 1. The van der Waals surface area contributed by atoms with Crippen LogP contribution in [-0.4, -0.2) is 11.7 Å². The van der Waals surface area contributed by atoms with E-state index in [0.717, 1.165) is 22.6 Å². The van der Waals surface area contributed by atoms with Crippen LogP contribution in [0.4, 0.5) is 0 Å². The smallest absolute Gasteiger partial charge is 0.0484 e. The van der Waals surface area contributed by atoms with E-state index in [1.54, 1.807) is 0 Å². The molecule has 0 fully saturated rings. The molecule has 0 saturated carbocycles. The van der Waals surface area contributed by atoms with E-state index in [1.165, 1.54) is 5.56 Å². The lowest BCUT2D eigenvalue weighted by Gasteiger charge is -2.11. The zero-order valence-electron chi connectivity index (χ0n) is 10.4. The van der Waals surface area contributed by atoms with Gasteiger partial charge in [-0.25, -0.2) is 0 Å². The van der Waals surface area contributed by atoms with Crippen LogP contribution in [0, 0.1) is 0 Å². The van der Waals surface area contributed by atoms with Crippen molar-refractivity contribution in [1.82, 2.24) is 0 Å². The average Bonchev–Trinajstić information content (AvgIpc) is 2.40. The molecule has 1 N–H and O–H groups in total. The number of rotatable bonds is 4. The Bertz CT molecular complexity index is 505. The summed E-state index contributed by atoms with van der Waals surface area (Å²) in [7, 11) is 0. The summed E-state index contributed by atoms with van der Waals surface area (Å²) in [6.45, 7) is 2.36. The lowest BCUT2D eigenvalue weighted by molar-refractivity contribution is 0.278. The number of aliphatic hydroxyl groups is 1. The molecule has 1 unspecified atom stereocenters. The summed E-state index contributed by atoms with van der Waals surface area (Å²) in [4.78, 5) is 0. The van der Waals surface area contributed by atoms with Gasteiger partial charge in [-0.1, -0.05) is 61.0 Å². The van der Waals surface area contributed by atoms with Gasteiger partial charge in [-0.2, -0.15) is 0 Å². The van der Waals surface area contributed by atoms with Crippen molar-refractivity contribution in [2.45, 2.75) is 19.3 Å². The van der Waals surface area contributed by atoms with Crippen molar-refractivity contribution in [2.24, 2.45) is 0 Å². The second-order valence-electron chi connectivity index (χ2n) is 4.52. The van der Waals surface area contributed by atoms with E-state index >= 15 is 0 Å². The molecule has 0 aliphatic carbocycles. The molecule has 1 nitrogen and oxygen atoms in total. The monoisotopic (exact) mass is 260 g/mol. The zero-order chi connectivity index (χ0) is 13.0. The molecule has 0 spiro atoms. The lowest BCUT2D eigenvalue weighted by Crippen LogP contribution is -1.96. The molecule has 0 aliphatic rings. The minimum atomic E-state index is 0.230. The van der Waals surface area contributed by atoms with Crippen molar-refractivity contribution in [3.63, 3.8) is 0 Å². The molecule has 94 valence electrons. The zero-order valence-corrected chi connectivity index (χ0v) is 11.2. The van der Waals surface area contributed by atoms with Crippen molar-refractivity contribution in [3.05, 3.63) is 59.1 Å². The van der Waals surface area contributed by atoms with Crippen LogP contribution in [0.2, 0.25) is 5.02 Å². The first kappa shape index (κ1) is 13.1. The largest absolute Gasteiger partial charge is 0.396 e. The maximum Gasteiger partial charge on any atom is 0.0484 e. The minimum absolute atomic E-state index is 0.230. The molecule has 0 saturated heterocycles. The molecule has 2 heteroatoms. The minimum Gasteiger partial charge on any atom is -0.396 e. The van der Waals surface area contributed by atoms with Crippen molar-refractivity contribution >= 4 is 11.6 Å². The van der Waals surface area contributed by atoms with Crippen LogP contribution in [0.5, 0.6) is 0 Å². The third kappa shape index (κ3) is 2.92. The van der Waals surface area contributed by atoms with Crippen LogP contribution >= 0.6 is 11.6 Å². The molecule has 1 atom stereocenters. The Morgan fingerprint density at radius 1 is 1.06 bits per heavy atom. The molecule has 2 aromatic carbocycles. The summed E-state index contributed by atoms with van der Waals surface area (Å²) in [6, 6.07) is 16.2. The third-order valence-electron chi connectivity index (χ3n) is 3.23. The van der Waals surface area contributed by atoms with Crippen LogP contribution in [0.15, 0.2) is 48.5 Å². The first-order valence-electron chi connectivity index (χ1n) is 6.18. The van der Waals surface area contributed by atoms with Crippen LogP contribution < -0.4 is 0 Å². The fourth-order valence-electron chi connectivity index (χ4n) is 2.05. The van der Waals surface area contributed by atoms with Gasteiger partial charge in [0.15, 0.2) is 0 Å². The average molecular weight is 261 g/mol. The van der Waals surface area contributed by atoms with Gasteiger partial charge in [0.25, 0.3) is 0 Å². The van der Waals surface area contributed by atoms with Gasteiger partial charge >= 0.3 is 0 Å². The fraction of sp³-hybridized carbons (Fsp3) is 0.250. The van der Waals surface area contributed by atoms with Crippen LogP contribution in [0.1, 0.15) is 24.8 Å². The first-order chi connectivity index (χ1) is 8.72. The van der Waals surface area contributed by atoms with Crippen LogP contribution in [0.3, 0.4) is 0 Å². The summed E-state index contributed by atoms with van der Waals surface area (Å²) in [5, 5.41) is 9.72. The Morgan fingerprint density at radius 3 is 2.33 bits per heavy atom. The Labute approximate surface area is 113 Å². The molecule has 0 aromatic heterocycles. The van der Waals surface area contributed by atoms with Gasteiger partial charge < -0.3 is 5.11 Å². The Kier molecular flexibility index (Phi) is 4.40. The quantitative estimate of drug-likeness (QED) is 0.859. The summed E-state index contributed by atoms with van der Waals surface area (Å²) in [6.07, 6.45) is 0.797. The topological polar surface area (TPSA) is 20.2 Å². The van der Waals surface area contributed by atoms with Gasteiger partial charge in [0.2, 0.25) is 0 Å². The molecule has 2 rings (SSSR count). The second-order valence-corrected chi connectivity index (χ2v) is 4.92. The molecular formula is C16H17ClO. The third-order valence-corrected chi connectivity index (χ3v) is 3.56. The molecule has 0 bridgehead atoms. The molecule has 18 heavy (non-hydrogen) atoms. The number of halogens is 1. The summed E-state index contributed by atoms with van der Waals surface area (Å²) >= 11 is 6.18. The maximum absolute atomic E-state index is 8.95. The number of hydrogen-bond donors (Lipinski definition) is 1. The Morgan fingerprint density at radius 2 is 1.72 bits per heavy atom.